The molecule has 0 amide bonds. The number of hydrogen-bond donors (Lipinski definition) is 3. The smallest absolute Gasteiger partial charge is 0.305 e. The van der Waals surface area contributed by atoms with E-state index >= 15 is 0 Å². The Hall–Kier alpha value is -0.910. The van der Waals surface area contributed by atoms with Gasteiger partial charge in [0.2, 0.25) is 0 Å². The maximum atomic E-state index is 10.8. The van der Waals surface area contributed by atoms with E-state index in [2.05, 4.69) is 5.32 Å². The summed E-state index contributed by atoms with van der Waals surface area (Å²) in [6.45, 7) is 4.78. The molecule has 4 nitrogen and oxygen atoms in total. The topological polar surface area (TPSA) is 69.6 Å². The number of aliphatic hydroxyl groups is 1. The van der Waals surface area contributed by atoms with Crippen LogP contribution in [0, 0.1) is 5.92 Å². The van der Waals surface area contributed by atoms with Crippen molar-refractivity contribution in [2.75, 3.05) is 6.54 Å². The number of carboxylic acids is 1. The van der Waals surface area contributed by atoms with E-state index in [4.69, 9.17) is 5.11 Å². The molecule has 96 valence electrons. The Morgan fingerprint density at radius 1 is 1.53 bits per heavy atom. The van der Waals surface area contributed by atoms with Crippen molar-refractivity contribution in [1.29, 1.82) is 0 Å². The van der Waals surface area contributed by atoms with E-state index in [0.29, 0.717) is 12.5 Å². The number of aliphatic hydroxyl groups excluding tert-OH is 1. The first-order chi connectivity index (χ1) is 8.00. The van der Waals surface area contributed by atoms with Crippen molar-refractivity contribution in [2.45, 2.75) is 32.4 Å². The molecule has 1 rings (SSSR count). The Labute approximate surface area is 105 Å². The molecule has 0 aliphatic carbocycles. The van der Waals surface area contributed by atoms with Gasteiger partial charge in [-0.05, 0) is 23.9 Å². The fourth-order valence-electron chi connectivity index (χ4n) is 1.53. The van der Waals surface area contributed by atoms with Gasteiger partial charge in [0.25, 0.3) is 0 Å². The number of carboxylic acid groups (broad SMARTS) is 1. The van der Waals surface area contributed by atoms with Crippen LogP contribution in [0.5, 0.6) is 0 Å². The number of nitrogens with one attached hydrogen (secondary N) is 1. The molecule has 0 spiro atoms. The molecular formula is C12H19NO3S. The third-order valence-corrected chi connectivity index (χ3v) is 3.34. The summed E-state index contributed by atoms with van der Waals surface area (Å²) in [5.74, 6) is -0.483. The molecule has 3 N–H and O–H groups in total. The highest BCUT2D eigenvalue weighted by atomic mass is 32.1. The highest BCUT2D eigenvalue weighted by Crippen LogP contribution is 2.23. The molecule has 0 radical (unpaired) electrons. The second kappa shape index (κ2) is 6.74. The summed E-state index contributed by atoms with van der Waals surface area (Å²) >= 11 is 1.44. The molecule has 0 bridgehead atoms. The van der Waals surface area contributed by atoms with Crippen LogP contribution in [0.25, 0.3) is 0 Å². The zero-order chi connectivity index (χ0) is 12.8. The van der Waals surface area contributed by atoms with Gasteiger partial charge in [0.15, 0.2) is 0 Å². The summed E-state index contributed by atoms with van der Waals surface area (Å²) < 4.78 is 0. The molecule has 0 aliphatic rings. The van der Waals surface area contributed by atoms with Crippen molar-refractivity contribution < 1.29 is 15.0 Å². The van der Waals surface area contributed by atoms with Gasteiger partial charge in [0.1, 0.15) is 6.10 Å². The molecule has 0 aliphatic heterocycles. The fourth-order valence-corrected chi connectivity index (χ4v) is 2.30. The maximum absolute atomic E-state index is 10.8. The second-order valence-electron chi connectivity index (χ2n) is 4.47. The Morgan fingerprint density at radius 3 is 2.71 bits per heavy atom. The van der Waals surface area contributed by atoms with Crippen LogP contribution in [0.15, 0.2) is 17.5 Å². The first-order valence-corrected chi connectivity index (χ1v) is 6.55. The maximum Gasteiger partial charge on any atom is 0.305 e. The van der Waals surface area contributed by atoms with E-state index in [1.807, 2.05) is 31.4 Å². The molecule has 0 aromatic carbocycles. The SMILES string of the molecule is CC(C)CNC(CC(=O)O)C(O)c1cccs1. The standard InChI is InChI=1S/C12H19NO3S/c1-8(2)7-13-9(6-11(14)15)12(16)10-4-3-5-17-10/h3-5,8-9,12-13,16H,6-7H2,1-2H3,(H,14,15). The minimum Gasteiger partial charge on any atom is -0.481 e. The number of hydrogen-bond acceptors (Lipinski definition) is 4. The summed E-state index contributed by atoms with van der Waals surface area (Å²) in [5, 5.41) is 24.0. The van der Waals surface area contributed by atoms with E-state index in [1.165, 1.54) is 11.3 Å². The van der Waals surface area contributed by atoms with Crippen LogP contribution in [-0.2, 0) is 4.79 Å². The number of thiophene rings is 1. The monoisotopic (exact) mass is 257 g/mol. The minimum atomic E-state index is -0.901. The third kappa shape index (κ3) is 4.85. The van der Waals surface area contributed by atoms with Gasteiger partial charge >= 0.3 is 5.97 Å². The lowest BCUT2D eigenvalue weighted by molar-refractivity contribution is -0.138. The van der Waals surface area contributed by atoms with Gasteiger partial charge in [-0.2, -0.15) is 0 Å². The minimum absolute atomic E-state index is 0.0776. The van der Waals surface area contributed by atoms with Gasteiger partial charge in [0.05, 0.1) is 6.42 Å². The Balaban J connectivity index is 2.64. The second-order valence-corrected chi connectivity index (χ2v) is 5.45. The van der Waals surface area contributed by atoms with Gasteiger partial charge in [-0.1, -0.05) is 19.9 Å². The van der Waals surface area contributed by atoms with Crippen LogP contribution in [0.1, 0.15) is 31.2 Å². The van der Waals surface area contributed by atoms with Crippen LogP contribution >= 0.6 is 11.3 Å². The summed E-state index contributed by atoms with van der Waals surface area (Å²) in [7, 11) is 0. The van der Waals surface area contributed by atoms with Gasteiger partial charge in [-0.3, -0.25) is 4.79 Å². The molecule has 1 aromatic rings. The van der Waals surface area contributed by atoms with E-state index in [9.17, 15) is 9.90 Å². The largest absolute Gasteiger partial charge is 0.481 e. The van der Waals surface area contributed by atoms with Gasteiger partial charge < -0.3 is 15.5 Å². The van der Waals surface area contributed by atoms with Gasteiger partial charge in [-0.25, -0.2) is 0 Å². The van der Waals surface area contributed by atoms with E-state index in [0.717, 1.165) is 4.88 Å². The van der Waals surface area contributed by atoms with Crippen molar-refractivity contribution >= 4 is 17.3 Å². The van der Waals surface area contributed by atoms with Crippen molar-refractivity contribution in [3.05, 3.63) is 22.4 Å². The van der Waals surface area contributed by atoms with Crippen molar-refractivity contribution in [2.24, 2.45) is 5.92 Å². The average molecular weight is 257 g/mol. The fraction of sp³-hybridized carbons (Fsp3) is 0.583. The van der Waals surface area contributed by atoms with Gasteiger partial charge in [0, 0.05) is 10.9 Å². The molecule has 0 saturated carbocycles. The van der Waals surface area contributed by atoms with E-state index in [-0.39, 0.29) is 6.42 Å². The van der Waals surface area contributed by atoms with Crippen LogP contribution in [0.3, 0.4) is 0 Å². The summed E-state index contributed by atoms with van der Waals surface area (Å²) in [6.07, 6.45) is -0.837. The average Bonchev–Trinajstić information content (AvgIpc) is 2.75. The van der Waals surface area contributed by atoms with Gasteiger partial charge in [-0.15, -0.1) is 11.3 Å². The molecule has 17 heavy (non-hydrogen) atoms. The molecule has 5 heteroatoms. The summed E-state index contributed by atoms with van der Waals surface area (Å²) in [6, 6.07) is 3.23. The zero-order valence-electron chi connectivity index (χ0n) is 10.1. The highest BCUT2D eigenvalue weighted by Gasteiger charge is 2.23. The molecule has 0 fully saturated rings. The predicted octanol–water partition coefficient (Wildman–Crippen LogP) is 1.87. The Bertz CT molecular complexity index is 338. The van der Waals surface area contributed by atoms with Crippen LogP contribution < -0.4 is 5.32 Å². The Kier molecular flexibility index (Phi) is 5.61. The van der Waals surface area contributed by atoms with Crippen molar-refractivity contribution in [1.82, 2.24) is 5.32 Å². The van der Waals surface area contributed by atoms with E-state index in [1.54, 1.807) is 0 Å². The van der Waals surface area contributed by atoms with Crippen LogP contribution in [0.2, 0.25) is 0 Å². The molecule has 2 atom stereocenters. The number of rotatable bonds is 7. The lowest BCUT2D eigenvalue weighted by Crippen LogP contribution is -2.38. The summed E-state index contributed by atoms with van der Waals surface area (Å²) in [5.41, 5.74) is 0. The van der Waals surface area contributed by atoms with E-state index < -0.39 is 18.1 Å². The van der Waals surface area contributed by atoms with Crippen LogP contribution in [0.4, 0.5) is 0 Å². The summed E-state index contributed by atoms with van der Waals surface area (Å²) in [4.78, 5) is 11.6. The molecular weight excluding hydrogens is 238 g/mol. The van der Waals surface area contributed by atoms with Crippen molar-refractivity contribution in [3.8, 4) is 0 Å². The molecule has 0 saturated heterocycles. The lowest BCUT2D eigenvalue weighted by Gasteiger charge is -2.23. The molecule has 2 unspecified atom stereocenters. The normalized spacial score (nSPS) is 14.8. The number of carbonyl (C=O) groups is 1. The molecule has 1 heterocycles. The quantitative estimate of drug-likeness (QED) is 0.697. The lowest BCUT2D eigenvalue weighted by atomic mass is 10.1. The highest BCUT2D eigenvalue weighted by molar-refractivity contribution is 7.10. The Morgan fingerprint density at radius 2 is 2.24 bits per heavy atom. The number of aliphatic carboxylic acids is 1. The zero-order valence-corrected chi connectivity index (χ0v) is 10.9. The predicted molar refractivity (Wildman–Crippen MR) is 68.2 cm³/mol. The first kappa shape index (κ1) is 14.2. The molecule has 1 aromatic heterocycles. The first-order valence-electron chi connectivity index (χ1n) is 5.67. The van der Waals surface area contributed by atoms with Crippen LogP contribution in [-0.4, -0.2) is 28.8 Å². The van der Waals surface area contributed by atoms with Crippen molar-refractivity contribution in [3.63, 3.8) is 0 Å². The third-order valence-electron chi connectivity index (χ3n) is 2.40.